The van der Waals surface area contributed by atoms with E-state index in [9.17, 15) is 0 Å². The van der Waals surface area contributed by atoms with Gasteiger partial charge in [0.25, 0.3) is 0 Å². The van der Waals surface area contributed by atoms with Crippen molar-refractivity contribution in [3.8, 4) is 5.75 Å². The average molecular weight is 262 g/mol. The molecule has 1 fully saturated rings. The van der Waals surface area contributed by atoms with E-state index in [2.05, 4.69) is 30.0 Å². The monoisotopic (exact) mass is 262 g/mol. The number of likely N-dealkylation sites (tertiary alicyclic amines) is 1. The summed E-state index contributed by atoms with van der Waals surface area (Å²) in [6, 6.07) is 8.64. The van der Waals surface area contributed by atoms with Crippen LogP contribution in [0.2, 0.25) is 0 Å². The van der Waals surface area contributed by atoms with Gasteiger partial charge in [-0.25, -0.2) is 0 Å². The van der Waals surface area contributed by atoms with Gasteiger partial charge in [-0.2, -0.15) is 0 Å². The normalized spacial score (nSPS) is 19.3. The van der Waals surface area contributed by atoms with E-state index < -0.39 is 0 Å². The fourth-order valence-electron chi connectivity index (χ4n) is 3.02. The van der Waals surface area contributed by atoms with Crippen LogP contribution in [0.3, 0.4) is 0 Å². The maximum atomic E-state index is 6.01. The van der Waals surface area contributed by atoms with Crippen molar-refractivity contribution in [1.29, 1.82) is 0 Å². The Hall–Kier alpha value is -1.06. The van der Waals surface area contributed by atoms with Gasteiger partial charge in [-0.3, -0.25) is 4.90 Å². The number of methoxy groups -OCH3 is 1. The third-order valence-corrected chi connectivity index (χ3v) is 4.37. The molecule has 1 aromatic rings. The molecule has 2 rings (SSSR count). The van der Waals surface area contributed by atoms with E-state index in [1.165, 1.54) is 24.8 Å². The van der Waals surface area contributed by atoms with Crippen molar-refractivity contribution in [2.24, 2.45) is 11.7 Å². The summed E-state index contributed by atoms with van der Waals surface area (Å²) in [6.45, 7) is 5.29. The Labute approximate surface area is 116 Å². The Balaban J connectivity index is 2.07. The molecule has 1 heterocycles. The highest BCUT2D eigenvalue weighted by Crippen LogP contribution is 2.29. The van der Waals surface area contributed by atoms with E-state index in [4.69, 9.17) is 10.5 Å². The maximum absolute atomic E-state index is 6.01. The molecule has 0 bridgehead atoms. The summed E-state index contributed by atoms with van der Waals surface area (Å²) in [5, 5.41) is 0. The van der Waals surface area contributed by atoms with Gasteiger partial charge in [0.15, 0.2) is 0 Å². The second-order valence-electron chi connectivity index (χ2n) is 5.42. The number of nitrogens with two attached hydrogens (primary N) is 1. The van der Waals surface area contributed by atoms with Crippen molar-refractivity contribution >= 4 is 0 Å². The standard InChI is InChI=1S/C16H26N2O/c1-3-13-7-9-18(10-8-13)16(12-17)14-5-4-6-15(11-14)19-2/h4-6,11,13,16H,3,7-10,12,17H2,1-2H3. The van der Waals surface area contributed by atoms with Gasteiger partial charge >= 0.3 is 0 Å². The van der Waals surface area contributed by atoms with E-state index >= 15 is 0 Å². The average Bonchev–Trinajstić information content (AvgIpc) is 2.49. The van der Waals surface area contributed by atoms with E-state index in [0.717, 1.165) is 24.8 Å². The molecule has 19 heavy (non-hydrogen) atoms. The molecule has 1 atom stereocenters. The maximum Gasteiger partial charge on any atom is 0.119 e. The number of nitrogens with zero attached hydrogens (tertiary/aromatic N) is 1. The highest BCUT2D eigenvalue weighted by atomic mass is 16.5. The minimum atomic E-state index is 0.327. The van der Waals surface area contributed by atoms with Gasteiger partial charge in [0.2, 0.25) is 0 Å². The highest BCUT2D eigenvalue weighted by molar-refractivity contribution is 5.30. The number of hydrogen-bond acceptors (Lipinski definition) is 3. The molecule has 1 aromatic carbocycles. The van der Waals surface area contributed by atoms with Gasteiger partial charge in [0, 0.05) is 12.6 Å². The molecule has 1 aliphatic heterocycles. The van der Waals surface area contributed by atoms with Crippen LogP contribution in [-0.4, -0.2) is 31.6 Å². The van der Waals surface area contributed by atoms with Crippen LogP contribution in [-0.2, 0) is 0 Å². The Kier molecular flexibility index (Phi) is 5.23. The third kappa shape index (κ3) is 3.48. The van der Waals surface area contributed by atoms with Gasteiger partial charge in [-0.05, 0) is 49.5 Å². The van der Waals surface area contributed by atoms with Crippen molar-refractivity contribution in [3.05, 3.63) is 29.8 Å². The lowest BCUT2D eigenvalue weighted by Gasteiger charge is -2.37. The van der Waals surface area contributed by atoms with Crippen LogP contribution in [0.15, 0.2) is 24.3 Å². The molecule has 106 valence electrons. The molecule has 1 aliphatic rings. The van der Waals surface area contributed by atoms with Crippen LogP contribution in [0, 0.1) is 5.92 Å². The van der Waals surface area contributed by atoms with Crippen molar-refractivity contribution in [2.45, 2.75) is 32.2 Å². The Morgan fingerprint density at radius 3 is 2.68 bits per heavy atom. The summed E-state index contributed by atoms with van der Waals surface area (Å²) in [5.74, 6) is 1.82. The van der Waals surface area contributed by atoms with Crippen molar-refractivity contribution in [2.75, 3.05) is 26.7 Å². The minimum Gasteiger partial charge on any atom is -0.497 e. The molecule has 0 spiro atoms. The first-order chi connectivity index (χ1) is 9.28. The first-order valence-electron chi connectivity index (χ1n) is 7.36. The van der Waals surface area contributed by atoms with Gasteiger partial charge in [-0.1, -0.05) is 25.5 Å². The van der Waals surface area contributed by atoms with Crippen LogP contribution in [0.5, 0.6) is 5.75 Å². The second-order valence-corrected chi connectivity index (χ2v) is 5.42. The number of piperidine rings is 1. The fraction of sp³-hybridized carbons (Fsp3) is 0.625. The zero-order chi connectivity index (χ0) is 13.7. The summed E-state index contributed by atoms with van der Waals surface area (Å²) in [5.41, 5.74) is 7.29. The van der Waals surface area contributed by atoms with Crippen LogP contribution in [0.25, 0.3) is 0 Å². The van der Waals surface area contributed by atoms with Crippen LogP contribution in [0.1, 0.15) is 37.8 Å². The predicted octanol–water partition coefficient (Wildman–Crippen LogP) is 2.82. The third-order valence-electron chi connectivity index (χ3n) is 4.37. The molecule has 3 heteroatoms. The Morgan fingerprint density at radius 2 is 2.11 bits per heavy atom. The zero-order valence-electron chi connectivity index (χ0n) is 12.1. The molecule has 1 saturated heterocycles. The minimum absolute atomic E-state index is 0.327. The summed E-state index contributed by atoms with van der Waals surface area (Å²) in [7, 11) is 1.71. The van der Waals surface area contributed by atoms with Gasteiger partial charge in [0.1, 0.15) is 5.75 Å². The summed E-state index contributed by atoms with van der Waals surface area (Å²) < 4.78 is 5.31. The van der Waals surface area contributed by atoms with E-state index in [-0.39, 0.29) is 0 Å². The van der Waals surface area contributed by atoms with E-state index in [0.29, 0.717) is 12.6 Å². The Bertz CT molecular complexity index is 386. The largest absolute Gasteiger partial charge is 0.497 e. The van der Waals surface area contributed by atoms with E-state index in [1.54, 1.807) is 7.11 Å². The quantitative estimate of drug-likeness (QED) is 0.887. The van der Waals surface area contributed by atoms with Gasteiger partial charge < -0.3 is 10.5 Å². The predicted molar refractivity (Wildman–Crippen MR) is 79.4 cm³/mol. The molecular formula is C16H26N2O. The topological polar surface area (TPSA) is 38.5 Å². The Morgan fingerprint density at radius 1 is 1.37 bits per heavy atom. The molecule has 1 unspecified atom stereocenters. The lowest BCUT2D eigenvalue weighted by atomic mass is 9.92. The highest BCUT2D eigenvalue weighted by Gasteiger charge is 2.24. The number of hydrogen-bond donors (Lipinski definition) is 1. The van der Waals surface area contributed by atoms with Crippen molar-refractivity contribution in [3.63, 3.8) is 0 Å². The van der Waals surface area contributed by atoms with Crippen molar-refractivity contribution < 1.29 is 4.74 Å². The molecule has 2 N–H and O–H groups in total. The summed E-state index contributed by atoms with van der Waals surface area (Å²) >= 11 is 0. The number of benzene rings is 1. The van der Waals surface area contributed by atoms with Crippen molar-refractivity contribution in [1.82, 2.24) is 4.90 Å². The lowest BCUT2D eigenvalue weighted by Crippen LogP contribution is -2.39. The SMILES string of the molecule is CCC1CCN(C(CN)c2cccc(OC)c2)CC1. The van der Waals surface area contributed by atoms with Gasteiger partial charge in [-0.15, -0.1) is 0 Å². The molecule has 0 radical (unpaired) electrons. The molecule has 0 amide bonds. The summed E-state index contributed by atoms with van der Waals surface area (Å²) in [4.78, 5) is 2.53. The molecule has 3 nitrogen and oxygen atoms in total. The fourth-order valence-corrected chi connectivity index (χ4v) is 3.02. The van der Waals surface area contributed by atoms with Crippen LogP contribution < -0.4 is 10.5 Å². The molecular weight excluding hydrogens is 236 g/mol. The number of ether oxygens (including phenoxy) is 1. The first-order valence-corrected chi connectivity index (χ1v) is 7.36. The smallest absolute Gasteiger partial charge is 0.119 e. The second kappa shape index (κ2) is 6.92. The number of rotatable bonds is 5. The van der Waals surface area contributed by atoms with Gasteiger partial charge in [0.05, 0.1) is 7.11 Å². The van der Waals surface area contributed by atoms with Crippen LogP contribution >= 0.6 is 0 Å². The first kappa shape index (κ1) is 14.4. The molecule has 0 aromatic heterocycles. The molecule has 0 aliphatic carbocycles. The summed E-state index contributed by atoms with van der Waals surface area (Å²) in [6.07, 6.45) is 3.91. The zero-order valence-corrected chi connectivity index (χ0v) is 12.1. The lowest BCUT2D eigenvalue weighted by molar-refractivity contribution is 0.134. The molecule has 0 saturated carbocycles. The van der Waals surface area contributed by atoms with Crippen LogP contribution in [0.4, 0.5) is 0 Å². The van der Waals surface area contributed by atoms with E-state index in [1.807, 2.05) is 6.07 Å².